The molecule has 1 saturated heterocycles. The molecule has 0 spiro atoms. The maximum atomic E-state index is 12.6. The van der Waals surface area contributed by atoms with Gasteiger partial charge in [0.1, 0.15) is 6.04 Å². The normalized spacial score (nSPS) is 18.2. The summed E-state index contributed by atoms with van der Waals surface area (Å²) in [5, 5.41) is 12.3. The van der Waals surface area contributed by atoms with E-state index < -0.39 is 11.9 Å². The maximum absolute atomic E-state index is 12.6. The Balaban J connectivity index is 2.00. The van der Waals surface area contributed by atoms with Gasteiger partial charge in [0.2, 0.25) is 11.8 Å². The molecule has 1 radical (unpaired) electrons. The van der Waals surface area contributed by atoms with Crippen LogP contribution in [0, 0.1) is 0 Å². The van der Waals surface area contributed by atoms with E-state index in [1.807, 2.05) is 12.1 Å². The number of imidazole rings is 1. The number of imide groups is 1. The van der Waals surface area contributed by atoms with Gasteiger partial charge in [-0.2, -0.15) is 0 Å². The van der Waals surface area contributed by atoms with Crippen molar-refractivity contribution in [3.8, 4) is 0 Å². The number of aromatic nitrogens is 2. The van der Waals surface area contributed by atoms with Crippen molar-refractivity contribution in [1.29, 1.82) is 0 Å². The van der Waals surface area contributed by atoms with Gasteiger partial charge >= 0.3 is 5.69 Å². The van der Waals surface area contributed by atoms with Crippen LogP contribution in [-0.4, -0.2) is 27.6 Å². The van der Waals surface area contributed by atoms with Crippen LogP contribution in [0.1, 0.15) is 30.9 Å². The van der Waals surface area contributed by atoms with Crippen LogP contribution in [0.2, 0.25) is 0 Å². The van der Waals surface area contributed by atoms with Crippen molar-refractivity contribution in [2.75, 3.05) is 6.61 Å². The van der Waals surface area contributed by atoms with Crippen LogP contribution < -0.4 is 11.0 Å². The first-order valence-electron chi connectivity index (χ1n) is 7.81. The molecule has 1 aromatic carbocycles. The number of carbonyl (C=O) groups excluding carboxylic acids is 2. The minimum Gasteiger partial charge on any atom is -0.295 e. The van der Waals surface area contributed by atoms with Gasteiger partial charge in [-0.3, -0.25) is 24.0 Å². The average Bonchev–Trinajstić information content (AvgIpc) is 2.80. The summed E-state index contributed by atoms with van der Waals surface area (Å²) in [6, 6.07) is 4.87. The summed E-state index contributed by atoms with van der Waals surface area (Å²) < 4.78 is 2.94. The Kier molecular flexibility index (Phi) is 4.50. The van der Waals surface area contributed by atoms with E-state index in [0.29, 0.717) is 30.3 Å². The summed E-state index contributed by atoms with van der Waals surface area (Å²) >= 11 is 0. The van der Waals surface area contributed by atoms with E-state index in [2.05, 4.69) is 10.2 Å². The van der Waals surface area contributed by atoms with E-state index in [0.717, 1.165) is 5.56 Å². The minimum absolute atomic E-state index is 0.133. The third-order valence-electron chi connectivity index (χ3n) is 4.37. The van der Waals surface area contributed by atoms with Crippen molar-refractivity contribution < 1.29 is 19.7 Å². The molecule has 1 aliphatic heterocycles. The largest absolute Gasteiger partial charge is 0.329 e. The second kappa shape index (κ2) is 6.58. The molecule has 8 nitrogen and oxygen atoms in total. The summed E-state index contributed by atoms with van der Waals surface area (Å²) in [6.07, 6.45) is 1.78. The summed E-state index contributed by atoms with van der Waals surface area (Å²) in [5.41, 5.74) is 2.06. The molecule has 3 rings (SSSR count). The van der Waals surface area contributed by atoms with Gasteiger partial charge in [-0.25, -0.2) is 9.68 Å². The van der Waals surface area contributed by atoms with Crippen LogP contribution in [0.25, 0.3) is 11.0 Å². The zero-order valence-electron chi connectivity index (χ0n) is 13.3. The van der Waals surface area contributed by atoms with Crippen LogP contribution in [0.3, 0.4) is 0 Å². The molecular weight excluding hydrogens is 314 g/mol. The molecule has 1 atom stereocenters. The third-order valence-corrected chi connectivity index (χ3v) is 4.37. The Morgan fingerprint density at radius 1 is 1.25 bits per heavy atom. The number of piperidine rings is 1. The number of nitrogens with zero attached hydrogens (tertiary/aromatic N) is 2. The monoisotopic (exact) mass is 332 g/mol. The zero-order valence-corrected chi connectivity index (χ0v) is 13.3. The second-order valence-corrected chi connectivity index (χ2v) is 5.93. The highest BCUT2D eigenvalue weighted by molar-refractivity contribution is 6.00. The fourth-order valence-electron chi connectivity index (χ4n) is 3.13. The van der Waals surface area contributed by atoms with Gasteiger partial charge in [0, 0.05) is 13.5 Å². The summed E-state index contributed by atoms with van der Waals surface area (Å²) in [6.45, 7) is 0.133. The number of fused-ring (bicyclic) bond motifs is 1. The second-order valence-electron chi connectivity index (χ2n) is 5.93. The van der Waals surface area contributed by atoms with Crippen molar-refractivity contribution in [2.24, 2.45) is 7.05 Å². The number of hydrogen-bond donors (Lipinski definition) is 1. The predicted octanol–water partition coefficient (Wildman–Crippen LogP) is 0.612. The van der Waals surface area contributed by atoms with Gasteiger partial charge in [0.25, 0.3) is 0 Å². The van der Waals surface area contributed by atoms with Crippen molar-refractivity contribution >= 4 is 22.8 Å². The molecule has 8 heteroatoms. The van der Waals surface area contributed by atoms with Gasteiger partial charge in [0.05, 0.1) is 17.6 Å². The van der Waals surface area contributed by atoms with E-state index in [1.165, 1.54) is 9.13 Å². The fraction of sp³-hybridized carbons (Fsp3) is 0.438. The van der Waals surface area contributed by atoms with Crippen molar-refractivity contribution in [3.63, 3.8) is 0 Å². The number of hydrogen-bond acceptors (Lipinski definition) is 4. The van der Waals surface area contributed by atoms with Gasteiger partial charge in [-0.1, -0.05) is 6.07 Å². The third kappa shape index (κ3) is 2.85. The Hall–Kier alpha value is -2.45. The molecule has 2 amide bonds. The molecule has 127 valence electrons. The van der Waals surface area contributed by atoms with Crippen molar-refractivity contribution in [3.05, 3.63) is 34.2 Å². The molecule has 2 aromatic rings. The van der Waals surface area contributed by atoms with Crippen LogP contribution in [-0.2, 0) is 33.2 Å². The Bertz CT molecular complexity index is 851. The van der Waals surface area contributed by atoms with E-state index in [9.17, 15) is 19.6 Å². The molecule has 2 heterocycles. The van der Waals surface area contributed by atoms with Crippen LogP contribution in [0.5, 0.6) is 0 Å². The molecule has 1 aromatic heterocycles. The number of rotatable bonds is 5. The average molecular weight is 332 g/mol. The zero-order chi connectivity index (χ0) is 17.3. The number of nitrogens with one attached hydrogen (secondary N) is 1. The quantitative estimate of drug-likeness (QED) is 0.375. The molecule has 1 N–H and O–H groups in total. The summed E-state index contributed by atoms with van der Waals surface area (Å²) in [7, 11) is 1.65. The molecular formula is C16H18N3O5. The molecule has 0 bridgehead atoms. The molecule has 1 fully saturated rings. The maximum Gasteiger partial charge on any atom is 0.329 e. The van der Waals surface area contributed by atoms with Crippen molar-refractivity contribution in [1.82, 2.24) is 14.5 Å². The highest BCUT2D eigenvalue weighted by Crippen LogP contribution is 2.24. The molecule has 1 unspecified atom stereocenters. The van der Waals surface area contributed by atoms with Crippen molar-refractivity contribution in [2.45, 2.75) is 31.7 Å². The van der Waals surface area contributed by atoms with Crippen LogP contribution >= 0.6 is 0 Å². The lowest BCUT2D eigenvalue weighted by atomic mass is 10.1. The molecule has 0 aliphatic carbocycles. The van der Waals surface area contributed by atoms with Gasteiger partial charge in [-0.15, -0.1) is 0 Å². The van der Waals surface area contributed by atoms with Gasteiger partial charge in [-0.05, 0) is 42.2 Å². The fourth-order valence-corrected chi connectivity index (χ4v) is 3.13. The molecule has 1 aliphatic rings. The standard InChI is InChI=1S/C16H18N3O5/c1-18-13-9-10(3-2-8-24-23)4-5-11(13)19(16(18)22)12-6-7-14(20)17-15(12)21/h4-5,9,12H,2-3,6-8H2,1H3,(H,17,20,21). The van der Waals surface area contributed by atoms with E-state index in [1.54, 1.807) is 13.1 Å². The Labute approximate surface area is 137 Å². The SMILES string of the molecule is Cn1c(=O)n(C2CCC(=O)NC2=O)c2ccc(CCCO[O])cc21. The topological polar surface area (TPSA) is 102 Å². The molecule has 0 saturated carbocycles. The smallest absolute Gasteiger partial charge is 0.295 e. The molecule has 24 heavy (non-hydrogen) atoms. The number of benzene rings is 1. The van der Waals surface area contributed by atoms with Crippen LogP contribution in [0.15, 0.2) is 23.0 Å². The first kappa shape index (κ1) is 16.4. The first-order chi connectivity index (χ1) is 11.5. The summed E-state index contributed by atoms with van der Waals surface area (Å²) in [4.78, 5) is 39.8. The van der Waals surface area contributed by atoms with Crippen LogP contribution in [0.4, 0.5) is 0 Å². The minimum atomic E-state index is -0.682. The van der Waals surface area contributed by atoms with E-state index in [4.69, 9.17) is 0 Å². The highest BCUT2D eigenvalue weighted by atomic mass is 17.1. The predicted molar refractivity (Wildman–Crippen MR) is 83.6 cm³/mol. The van der Waals surface area contributed by atoms with Gasteiger partial charge in [0.15, 0.2) is 0 Å². The Morgan fingerprint density at radius 3 is 2.75 bits per heavy atom. The number of aryl methyl sites for hydroxylation is 2. The lowest BCUT2D eigenvalue weighted by Crippen LogP contribution is -2.44. The first-order valence-corrected chi connectivity index (χ1v) is 7.81. The van der Waals surface area contributed by atoms with Gasteiger partial charge < -0.3 is 0 Å². The lowest BCUT2D eigenvalue weighted by Gasteiger charge is -2.21. The number of amides is 2. The van der Waals surface area contributed by atoms with E-state index >= 15 is 0 Å². The Morgan fingerprint density at radius 2 is 2.04 bits per heavy atom. The lowest BCUT2D eigenvalue weighted by molar-refractivity contribution is -0.303. The van der Waals surface area contributed by atoms with E-state index in [-0.39, 0.29) is 24.6 Å². The number of carbonyl (C=O) groups is 2. The highest BCUT2D eigenvalue weighted by Gasteiger charge is 2.31. The summed E-state index contributed by atoms with van der Waals surface area (Å²) in [5.74, 6) is -0.759.